The second kappa shape index (κ2) is 8.79. The van der Waals surface area contributed by atoms with Crippen molar-refractivity contribution in [3.63, 3.8) is 0 Å². The van der Waals surface area contributed by atoms with Crippen LogP contribution in [-0.4, -0.2) is 60.7 Å². The number of rotatable bonds is 8. The van der Waals surface area contributed by atoms with Gasteiger partial charge in [-0.3, -0.25) is 4.90 Å². The Morgan fingerprint density at radius 2 is 1.95 bits per heavy atom. The van der Waals surface area contributed by atoms with Crippen molar-refractivity contribution in [2.24, 2.45) is 5.73 Å². The summed E-state index contributed by atoms with van der Waals surface area (Å²) in [5.41, 5.74) is 5.52. The fourth-order valence-corrected chi connectivity index (χ4v) is 2.59. The molecule has 21 heavy (non-hydrogen) atoms. The average Bonchev–Trinajstić information content (AvgIpc) is 2.53. The summed E-state index contributed by atoms with van der Waals surface area (Å²) in [6.45, 7) is 8.80. The first kappa shape index (κ1) is 16.0. The van der Waals surface area contributed by atoms with Gasteiger partial charge in [0.15, 0.2) is 0 Å². The van der Waals surface area contributed by atoms with E-state index in [4.69, 9.17) is 10.5 Å². The molecule has 2 heterocycles. The summed E-state index contributed by atoms with van der Waals surface area (Å²) in [5.74, 6) is 1.63. The lowest BCUT2D eigenvalue weighted by Gasteiger charge is -2.35. The van der Waals surface area contributed by atoms with E-state index >= 15 is 0 Å². The summed E-state index contributed by atoms with van der Waals surface area (Å²) in [6, 6.07) is 1.93. The maximum atomic E-state index is 5.52. The first-order chi connectivity index (χ1) is 10.3. The highest BCUT2D eigenvalue weighted by molar-refractivity contribution is 5.41. The van der Waals surface area contributed by atoms with Gasteiger partial charge in [-0.1, -0.05) is 6.42 Å². The molecular formula is C15H27N5O. The standard InChI is InChI=1S/C15H27N5O/c1-2-21-15-12-14(17-13-18-15)20-10-8-19(9-11-20)7-5-3-4-6-16/h12-13H,2-11,16H2,1H3. The van der Waals surface area contributed by atoms with Crippen molar-refractivity contribution >= 4 is 5.82 Å². The number of hydrogen-bond acceptors (Lipinski definition) is 6. The highest BCUT2D eigenvalue weighted by atomic mass is 16.5. The summed E-state index contributed by atoms with van der Waals surface area (Å²) in [4.78, 5) is 13.3. The first-order valence-corrected chi connectivity index (χ1v) is 7.95. The van der Waals surface area contributed by atoms with Crippen LogP contribution in [0.4, 0.5) is 5.82 Å². The van der Waals surface area contributed by atoms with E-state index in [0.717, 1.165) is 45.0 Å². The summed E-state index contributed by atoms with van der Waals surface area (Å²) in [5, 5.41) is 0. The molecule has 1 aromatic rings. The SMILES string of the molecule is CCOc1cc(N2CCN(CCCCCN)CC2)ncn1. The Bertz CT molecular complexity index is 407. The third kappa shape index (κ3) is 5.13. The average molecular weight is 293 g/mol. The summed E-state index contributed by atoms with van der Waals surface area (Å²) >= 11 is 0. The smallest absolute Gasteiger partial charge is 0.218 e. The molecule has 1 aliphatic rings. The molecule has 2 N–H and O–H groups in total. The number of nitrogens with two attached hydrogens (primary N) is 1. The van der Waals surface area contributed by atoms with E-state index in [0.29, 0.717) is 12.5 Å². The molecule has 1 fully saturated rings. The largest absolute Gasteiger partial charge is 0.478 e. The van der Waals surface area contributed by atoms with Gasteiger partial charge < -0.3 is 15.4 Å². The molecule has 0 unspecified atom stereocenters. The Hall–Kier alpha value is -1.40. The molecule has 0 radical (unpaired) electrons. The van der Waals surface area contributed by atoms with Gasteiger partial charge in [0.2, 0.25) is 5.88 Å². The predicted octanol–water partition coefficient (Wildman–Crippen LogP) is 1.13. The molecule has 0 aromatic carbocycles. The Morgan fingerprint density at radius 1 is 1.14 bits per heavy atom. The zero-order chi connectivity index (χ0) is 14.9. The van der Waals surface area contributed by atoms with E-state index in [1.807, 2.05) is 13.0 Å². The molecule has 0 aliphatic carbocycles. The summed E-state index contributed by atoms with van der Waals surface area (Å²) in [6.07, 6.45) is 5.21. The quantitative estimate of drug-likeness (QED) is 0.725. The van der Waals surface area contributed by atoms with E-state index in [9.17, 15) is 0 Å². The molecule has 1 aromatic heterocycles. The van der Waals surface area contributed by atoms with Gasteiger partial charge in [0, 0.05) is 32.2 Å². The van der Waals surface area contributed by atoms with Crippen LogP contribution in [0.25, 0.3) is 0 Å². The lowest BCUT2D eigenvalue weighted by atomic mass is 10.2. The van der Waals surface area contributed by atoms with Crippen LogP contribution in [0, 0.1) is 0 Å². The van der Waals surface area contributed by atoms with Gasteiger partial charge in [-0.15, -0.1) is 0 Å². The molecule has 118 valence electrons. The van der Waals surface area contributed by atoms with Crippen molar-refractivity contribution in [2.45, 2.75) is 26.2 Å². The van der Waals surface area contributed by atoms with Gasteiger partial charge in [-0.25, -0.2) is 9.97 Å². The van der Waals surface area contributed by atoms with Crippen LogP contribution in [0.3, 0.4) is 0 Å². The molecule has 6 nitrogen and oxygen atoms in total. The maximum Gasteiger partial charge on any atom is 0.218 e. The normalized spacial score (nSPS) is 16.2. The van der Waals surface area contributed by atoms with Crippen molar-refractivity contribution in [2.75, 3.05) is 50.8 Å². The third-order valence-corrected chi connectivity index (χ3v) is 3.79. The van der Waals surface area contributed by atoms with Crippen molar-refractivity contribution < 1.29 is 4.74 Å². The number of unbranched alkanes of at least 4 members (excludes halogenated alkanes) is 2. The van der Waals surface area contributed by atoms with Gasteiger partial charge >= 0.3 is 0 Å². The summed E-state index contributed by atoms with van der Waals surface area (Å²) in [7, 11) is 0. The minimum absolute atomic E-state index is 0.632. The molecule has 0 amide bonds. The van der Waals surface area contributed by atoms with E-state index in [-0.39, 0.29) is 0 Å². The predicted molar refractivity (Wildman–Crippen MR) is 84.8 cm³/mol. The Morgan fingerprint density at radius 3 is 2.67 bits per heavy atom. The van der Waals surface area contributed by atoms with Gasteiger partial charge in [0.05, 0.1) is 6.61 Å². The molecule has 6 heteroatoms. The first-order valence-electron chi connectivity index (χ1n) is 7.95. The second-order valence-electron chi connectivity index (χ2n) is 5.33. The van der Waals surface area contributed by atoms with Crippen molar-refractivity contribution in [1.82, 2.24) is 14.9 Å². The number of nitrogens with zero attached hydrogens (tertiary/aromatic N) is 4. The molecule has 1 aliphatic heterocycles. The lowest BCUT2D eigenvalue weighted by molar-refractivity contribution is 0.251. The van der Waals surface area contributed by atoms with Crippen LogP contribution in [0.1, 0.15) is 26.2 Å². The van der Waals surface area contributed by atoms with Crippen LogP contribution >= 0.6 is 0 Å². The molecule has 2 rings (SSSR count). The van der Waals surface area contributed by atoms with E-state index in [1.165, 1.54) is 19.4 Å². The van der Waals surface area contributed by atoms with E-state index < -0.39 is 0 Å². The maximum absolute atomic E-state index is 5.52. The van der Waals surface area contributed by atoms with Crippen LogP contribution < -0.4 is 15.4 Å². The monoisotopic (exact) mass is 293 g/mol. The highest BCUT2D eigenvalue weighted by Crippen LogP contribution is 2.17. The van der Waals surface area contributed by atoms with E-state index in [2.05, 4.69) is 19.8 Å². The Labute approximate surface area is 127 Å². The van der Waals surface area contributed by atoms with Crippen LogP contribution in [0.15, 0.2) is 12.4 Å². The van der Waals surface area contributed by atoms with Crippen LogP contribution in [0.2, 0.25) is 0 Å². The van der Waals surface area contributed by atoms with Gasteiger partial charge in [0.1, 0.15) is 12.1 Å². The Balaban J connectivity index is 1.76. The fraction of sp³-hybridized carbons (Fsp3) is 0.733. The van der Waals surface area contributed by atoms with Crippen LogP contribution in [-0.2, 0) is 0 Å². The third-order valence-electron chi connectivity index (χ3n) is 3.79. The number of aromatic nitrogens is 2. The highest BCUT2D eigenvalue weighted by Gasteiger charge is 2.18. The zero-order valence-corrected chi connectivity index (χ0v) is 13.0. The second-order valence-corrected chi connectivity index (χ2v) is 5.33. The molecule has 0 saturated carbocycles. The van der Waals surface area contributed by atoms with E-state index in [1.54, 1.807) is 6.33 Å². The number of ether oxygens (including phenoxy) is 1. The van der Waals surface area contributed by atoms with Crippen molar-refractivity contribution in [3.05, 3.63) is 12.4 Å². The fourth-order valence-electron chi connectivity index (χ4n) is 2.59. The molecule has 1 saturated heterocycles. The number of piperazine rings is 1. The van der Waals surface area contributed by atoms with Gasteiger partial charge in [-0.2, -0.15) is 0 Å². The lowest BCUT2D eigenvalue weighted by Crippen LogP contribution is -2.46. The van der Waals surface area contributed by atoms with Crippen molar-refractivity contribution in [3.8, 4) is 5.88 Å². The minimum atomic E-state index is 0.632. The number of hydrogen-bond donors (Lipinski definition) is 1. The van der Waals surface area contributed by atoms with Gasteiger partial charge in [-0.05, 0) is 32.9 Å². The summed E-state index contributed by atoms with van der Waals surface area (Å²) < 4.78 is 5.44. The minimum Gasteiger partial charge on any atom is -0.478 e. The topological polar surface area (TPSA) is 67.5 Å². The Kier molecular flexibility index (Phi) is 6.69. The number of anilines is 1. The molecule has 0 spiro atoms. The molecular weight excluding hydrogens is 266 g/mol. The van der Waals surface area contributed by atoms with Gasteiger partial charge in [0.25, 0.3) is 0 Å². The van der Waals surface area contributed by atoms with Crippen molar-refractivity contribution in [1.29, 1.82) is 0 Å². The zero-order valence-electron chi connectivity index (χ0n) is 13.0. The molecule has 0 atom stereocenters. The van der Waals surface area contributed by atoms with Crippen LogP contribution in [0.5, 0.6) is 5.88 Å². The molecule has 0 bridgehead atoms.